The van der Waals surface area contributed by atoms with E-state index in [1.54, 1.807) is 6.92 Å². The molecule has 0 unspecified atom stereocenters. The van der Waals surface area contributed by atoms with Gasteiger partial charge in [0.15, 0.2) is 0 Å². The van der Waals surface area contributed by atoms with Crippen molar-refractivity contribution in [2.45, 2.75) is 27.7 Å². The second-order valence-corrected chi connectivity index (χ2v) is 3.24. The molecule has 0 spiro atoms. The monoisotopic (exact) mass is 200 g/mol. The van der Waals surface area contributed by atoms with Crippen LogP contribution in [0.15, 0.2) is 0 Å². The molecule has 0 rings (SSSR count). The molecule has 80 valence electrons. The Hall–Kier alpha value is -1.19. The van der Waals surface area contributed by atoms with E-state index in [1.165, 1.54) is 20.8 Å². The van der Waals surface area contributed by atoms with Gasteiger partial charge < -0.3 is 4.74 Å². The predicted octanol–water partition coefficient (Wildman–Crippen LogP) is 0.980. The van der Waals surface area contributed by atoms with Crippen LogP contribution in [0.4, 0.5) is 0 Å². The maximum atomic E-state index is 11.3. The number of ether oxygens (including phenoxy) is 1. The van der Waals surface area contributed by atoms with Gasteiger partial charge in [-0.2, -0.15) is 0 Å². The van der Waals surface area contributed by atoms with Crippen molar-refractivity contribution in [2.24, 2.45) is 11.8 Å². The van der Waals surface area contributed by atoms with Gasteiger partial charge >= 0.3 is 5.97 Å². The van der Waals surface area contributed by atoms with Crippen molar-refractivity contribution < 1.29 is 19.1 Å². The molecule has 4 heteroatoms. The third-order valence-electron chi connectivity index (χ3n) is 2.03. The van der Waals surface area contributed by atoms with Crippen LogP contribution in [0.25, 0.3) is 0 Å². The molecule has 0 heterocycles. The standard InChI is InChI=1S/C10H16O4/c1-5-14-10(13)6(2)9(7(3)11)8(4)12/h6,9H,5H2,1-4H3/t6-/m1/s1. The Balaban J connectivity index is 4.59. The minimum atomic E-state index is -0.867. The van der Waals surface area contributed by atoms with Gasteiger partial charge in [0, 0.05) is 0 Å². The lowest BCUT2D eigenvalue weighted by Crippen LogP contribution is -2.32. The lowest BCUT2D eigenvalue weighted by atomic mass is 9.87. The van der Waals surface area contributed by atoms with E-state index in [9.17, 15) is 14.4 Å². The molecule has 4 nitrogen and oxygen atoms in total. The molecule has 0 bridgehead atoms. The first-order valence-corrected chi connectivity index (χ1v) is 4.59. The van der Waals surface area contributed by atoms with E-state index in [-0.39, 0.29) is 18.2 Å². The van der Waals surface area contributed by atoms with Crippen LogP contribution in [-0.4, -0.2) is 24.1 Å². The molecule has 14 heavy (non-hydrogen) atoms. The highest BCUT2D eigenvalue weighted by Gasteiger charge is 2.32. The Labute approximate surface area is 83.6 Å². The van der Waals surface area contributed by atoms with Crippen molar-refractivity contribution >= 4 is 17.5 Å². The van der Waals surface area contributed by atoms with Crippen molar-refractivity contribution in [1.29, 1.82) is 0 Å². The van der Waals surface area contributed by atoms with Crippen LogP contribution < -0.4 is 0 Å². The lowest BCUT2D eigenvalue weighted by molar-refractivity contribution is -0.153. The zero-order valence-corrected chi connectivity index (χ0v) is 8.99. The third-order valence-corrected chi connectivity index (χ3v) is 2.03. The molecule has 0 aromatic heterocycles. The normalized spacial score (nSPS) is 12.4. The summed E-state index contributed by atoms with van der Waals surface area (Å²) in [6.45, 7) is 6.09. The molecular formula is C10H16O4. The lowest BCUT2D eigenvalue weighted by Gasteiger charge is -2.16. The summed E-state index contributed by atoms with van der Waals surface area (Å²) in [5.41, 5.74) is 0. The van der Waals surface area contributed by atoms with Crippen LogP contribution in [-0.2, 0) is 19.1 Å². The Morgan fingerprint density at radius 3 is 1.86 bits per heavy atom. The number of carbonyl (C=O) groups excluding carboxylic acids is 3. The molecule has 0 aromatic rings. The number of esters is 1. The van der Waals surface area contributed by atoms with Crippen LogP contribution in [0.3, 0.4) is 0 Å². The zero-order chi connectivity index (χ0) is 11.3. The van der Waals surface area contributed by atoms with Crippen LogP contribution in [0.2, 0.25) is 0 Å². The summed E-state index contributed by atoms with van der Waals surface area (Å²) < 4.78 is 4.74. The Bertz CT molecular complexity index is 231. The van der Waals surface area contributed by atoms with Crippen LogP contribution in [0.1, 0.15) is 27.7 Å². The highest BCUT2D eigenvalue weighted by molar-refractivity contribution is 6.03. The molecule has 0 fully saturated rings. The minimum absolute atomic E-state index is 0.256. The molecule has 0 saturated carbocycles. The average Bonchev–Trinajstić information content (AvgIpc) is 2.03. The Kier molecular flexibility index (Phi) is 5.05. The van der Waals surface area contributed by atoms with Gasteiger partial charge in [0.2, 0.25) is 0 Å². The SMILES string of the molecule is CCOC(=O)[C@H](C)C(C(C)=O)C(C)=O. The van der Waals surface area contributed by atoms with Crippen molar-refractivity contribution in [1.82, 2.24) is 0 Å². The second-order valence-electron chi connectivity index (χ2n) is 3.24. The van der Waals surface area contributed by atoms with Gasteiger partial charge in [0.05, 0.1) is 18.4 Å². The van der Waals surface area contributed by atoms with E-state index >= 15 is 0 Å². The van der Waals surface area contributed by atoms with E-state index in [0.29, 0.717) is 0 Å². The van der Waals surface area contributed by atoms with Crippen molar-refractivity contribution in [3.05, 3.63) is 0 Å². The smallest absolute Gasteiger partial charge is 0.309 e. The van der Waals surface area contributed by atoms with E-state index in [4.69, 9.17) is 4.74 Å². The van der Waals surface area contributed by atoms with Gasteiger partial charge in [-0.15, -0.1) is 0 Å². The molecular weight excluding hydrogens is 184 g/mol. The fourth-order valence-corrected chi connectivity index (χ4v) is 1.40. The molecule has 0 radical (unpaired) electrons. The largest absolute Gasteiger partial charge is 0.466 e. The highest BCUT2D eigenvalue weighted by Crippen LogP contribution is 2.15. The summed E-state index contributed by atoms with van der Waals surface area (Å²) in [6.07, 6.45) is 0. The first-order chi connectivity index (χ1) is 6.41. The maximum absolute atomic E-state index is 11.3. The van der Waals surface area contributed by atoms with E-state index in [1.807, 2.05) is 0 Å². The number of hydrogen-bond donors (Lipinski definition) is 0. The Morgan fingerprint density at radius 1 is 1.14 bits per heavy atom. The third kappa shape index (κ3) is 3.28. The van der Waals surface area contributed by atoms with Gasteiger partial charge in [-0.25, -0.2) is 0 Å². The summed E-state index contributed by atoms with van der Waals surface area (Å²) >= 11 is 0. The number of ketones is 2. The number of hydrogen-bond acceptors (Lipinski definition) is 4. The van der Waals surface area contributed by atoms with E-state index < -0.39 is 17.8 Å². The van der Waals surface area contributed by atoms with Crippen LogP contribution in [0.5, 0.6) is 0 Å². The summed E-state index contributed by atoms with van der Waals surface area (Å²) in [4.78, 5) is 33.5. The molecule has 0 aliphatic carbocycles. The van der Waals surface area contributed by atoms with Gasteiger partial charge in [0.25, 0.3) is 0 Å². The first-order valence-electron chi connectivity index (χ1n) is 4.59. The molecule has 0 amide bonds. The van der Waals surface area contributed by atoms with Crippen LogP contribution >= 0.6 is 0 Å². The van der Waals surface area contributed by atoms with Gasteiger partial charge in [-0.05, 0) is 20.8 Å². The van der Waals surface area contributed by atoms with E-state index in [2.05, 4.69) is 0 Å². The van der Waals surface area contributed by atoms with Gasteiger partial charge in [0.1, 0.15) is 11.6 Å². The molecule has 0 aliphatic heterocycles. The van der Waals surface area contributed by atoms with Gasteiger partial charge in [-0.3, -0.25) is 14.4 Å². The van der Waals surface area contributed by atoms with Crippen molar-refractivity contribution in [3.63, 3.8) is 0 Å². The average molecular weight is 200 g/mol. The molecule has 0 aromatic carbocycles. The molecule has 1 atom stereocenters. The molecule has 0 aliphatic rings. The van der Waals surface area contributed by atoms with Crippen molar-refractivity contribution in [3.8, 4) is 0 Å². The summed E-state index contributed by atoms with van der Waals surface area (Å²) in [6, 6.07) is 0. The summed E-state index contributed by atoms with van der Waals surface area (Å²) in [5, 5.41) is 0. The summed E-state index contributed by atoms with van der Waals surface area (Å²) in [5.74, 6) is -2.64. The molecule has 0 saturated heterocycles. The Morgan fingerprint density at radius 2 is 1.57 bits per heavy atom. The number of Topliss-reactive ketones (excluding diaryl/α,β-unsaturated/α-hetero) is 2. The highest BCUT2D eigenvalue weighted by atomic mass is 16.5. The topological polar surface area (TPSA) is 60.4 Å². The summed E-state index contributed by atoms with van der Waals surface area (Å²) in [7, 11) is 0. The number of rotatable bonds is 5. The van der Waals surface area contributed by atoms with Gasteiger partial charge in [-0.1, -0.05) is 6.92 Å². The quantitative estimate of drug-likeness (QED) is 0.490. The second kappa shape index (κ2) is 5.52. The number of carbonyl (C=O) groups is 3. The first kappa shape index (κ1) is 12.8. The predicted molar refractivity (Wildman–Crippen MR) is 50.6 cm³/mol. The fourth-order valence-electron chi connectivity index (χ4n) is 1.40. The minimum Gasteiger partial charge on any atom is -0.466 e. The van der Waals surface area contributed by atoms with Crippen LogP contribution in [0, 0.1) is 11.8 Å². The maximum Gasteiger partial charge on any atom is 0.309 e. The molecule has 0 N–H and O–H groups in total. The van der Waals surface area contributed by atoms with Crippen molar-refractivity contribution in [2.75, 3.05) is 6.61 Å². The zero-order valence-electron chi connectivity index (χ0n) is 8.99. The van der Waals surface area contributed by atoms with E-state index in [0.717, 1.165) is 0 Å². The fraction of sp³-hybridized carbons (Fsp3) is 0.700.